The quantitative estimate of drug-likeness (QED) is 0.676. The first-order valence-electron chi connectivity index (χ1n) is 3.64. The number of hydrogen-bond donors (Lipinski definition) is 1. The molecule has 0 aromatic carbocycles. The summed E-state index contributed by atoms with van der Waals surface area (Å²) in [7, 11) is 0. The van der Waals surface area contributed by atoms with E-state index in [9.17, 15) is 4.79 Å². The van der Waals surface area contributed by atoms with Crippen molar-refractivity contribution in [2.75, 3.05) is 11.0 Å². The number of halogens is 1. The summed E-state index contributed by atoms with van der Waals surface area (Å²) in [4.78, 5) is 11.2. The van der Waals surface area contributed by atoms with Crippen molar-refractivity contribution in [3.05, 3.63) is 23.7 Å². The standard InChI is InChI=1S/C8H10INO2/c1-6-2-3-7(12-6)8(11)10-5-4-9/h2-3H,4-5H2,1H3,(H,10,11). The van der Waals surface area contributed by atoms with Crippen LogP contribution in [-0.4, -0.2) is 16.9 Å². The van der Waals surface area contributed by atoms with Crippen molar-refractivity contribution in [1.82, 2.24) is 5.32 Å². The van der Waals surface area contributed by atoms with Gasteiger partial charge < -0.3 is 9.73 Å². The van der Waals surface area contributed by atoms with E-state index in [4.69, 9.17) is 4.42 Å². The molecular weight excluding hydrogens is 269 g/mol. The normalized spacial score (nSPS) is 9.83. The number of carbonyl (C=O) groups excluding carboxylic acids is 1. The van der Waals surface area contributed by atoms with E-state index in [0.29, 0.717) is 12.3 Å². The minimum absolute atomic E-state index is 0.139. The van der Waals surface area contributed by atoms with Gasteiger partial charge in [0.1, 0.15) is 5.76 Å². The van der Waals surface area contributed by atoms with Crippen LogP contribution in [0.25, 0.3) is 0 Å². The number of carbonyl (C=O) groups is 1. The average Bonchev–Trinajstić information content (AvgIpc) is 2.47. The maximum atomic E-state index is 11.2. The van der Waals surface area contributed by atoms with Gasteiger partial charge in [0.25, 0.3) is 5.91 Å². The van der Waals surface area contributed by atoms with E-state index >= 15 is 0 Å². The molecule has 0 unspecified atom stereocenters. The SMILES string of the molecule is Cc1ccc(C(=O)NCCI)o1. The highest BCUT2D eigenvalue weighted by Gasteiger charge is 2.07. The van der Waals surface area contributed by atoms with Gasteiger partial charge in [0.05, 0.1) is 0 Å². The van der Waals surface area contributed by atoms with E-state index in [1.807, 2.05) is 6.92 Å². The highest BCUT2D eigenvalue weighted by atomic mass is 127. The van der Waals surface area contributed by atoms with Crippen molar-refractivity contribution < 1.29 is 9.21 Å². The van der Waals surface area contributed by atoms with E-state index in [1.54, 1.807) is 12.1 Å². The van der Waals surface area contributed by atoms with E-state index < -0.39 is 0 Å². The zero-order valence-electron chi connectivity index (χ0n) is 6.76. The zero-order valence-corrected chi connectivity index (χ0v) is 8.92. The van der Waals surface area contributed by atoms with Crippen LogP contribution in [0, 0.1) is 6.92 Å². The number of aryl methyl sites for hydroxylation is 1. The molecule has 66 valence electrons. The molecule has 0 aliphatic heterocycles. The third kappa shape index (κ3) is 2.51. The van der Waals surface area contributed by atoms with Gasteiger partial charge in [-0.3, -0.25) is 4.79 Å². The van der Waals surface area contributed by atoms with Crippen LogP contribution in [-0.2, 0) is 0 Å². The van der Waals surface area contributed by atoms with Gasteiger partial charge in [0.15, 0.2) is 5.76 Å². The molecule has 1 aromatic rings. The Labute approximate surface area is 84.7 Å². The Morgan fingerprint density at radius 1 is 1.67 bits per heavy atom. The molecule has 0 saturated heterocycles. The molecule has 0 saturated carbocycles. The third-order valence-electron chi connectivity index (χ3n) is 1.34. The van der Waals surface area contributed by atoms with Gasteiger partial charge in [-0.25, -0.2) is 0 Å². The van der Waals surface area contributed by atoms with Crippen LogP contribution in [0.4, 0.5) is 0 Å². The molecule has 0 aliphatic rings. The molecular formula is C8H10INO2. The summed E-state index contributed by atoms with van der Waals surface area (Å²) in [5, 5.41) is 2.72. The van der Waals surface area contributed by atoms with Crippen LogP contribution in [0.5, 0.6) is 0 Å². The fraction of sp³-hybridized carbons (Fsp3) is 0.375. The van der Waals surface area contributed by atoms with E-state index in [-0.39, 0.29) is 5.91 Å². The maximum absolute atomic E-state index is 11.2. The molecule has 0 fully saturated rings. The first-order valence-corrected chi connectivity index (χ1v) is 5.17. The number of amides is 1. The molecule has 1 heterocycles. The summed E-state index contributed by atoms with van der Waals surface area (Å²) in [6, 6.07) is 3.46. The average molecular weight is 279 g/mol. The van der Waals surface area contributed by atoms with Gasteiger partial charge in [0, 0.05) is 11.0 Å². The summed E-state index contributed by atoms with van der Waals surface area (Å²) in [5.74, 6) is 1.01. The van der Waals surface area contributed by atoms with Crippen LogP contribution in [0.3, 0.4) is 0 Å². The van der Waals surface area contributed by atoms with E-state index in [1.165, 1.54) is 0 Å². The van der Waals surface area contributed by atoms with Gasteiger partial charge in [0.2, 0.25) is 0 Å². The van der Waals surface area contributed by atoms with Crippen molar-refractivity contribution in [2.45, 2.75) is 6.92 Å². The van der Waals surface area contributed by atoms with Crippen LogP contribution < -0.4 is 5.32 Å². The van der Waals surface area contributed by atoms with Crippen LogP contribution in [0.2, 0.25) is 0 Å². The lowest BCUT2D eigenvalue weighted by atomic mass is 10.4. The molecule has 0 spiro atoms. The predicted molar refractivity (Wildman–Crippen MR) is 54.7 cm³/mol. The van der Waals surface area contributed by atoms with Gasteiger partial charge in [-0.05, 0) is 19.1 Å². The van der Waals surface area contributed by atoms with E-state index in [0.717, 1.165) is 10.2 Å². The fourth-order valence-electron chi connectivity index (χ4n) is 0.804. The summed E-state index contributed by atoms with van der Waals surface area (Å²) >= 11 is 2.20. The zero-order chi connectivity index (χ0) is 8.97. The minimum atomic E-state index is -0.139. The van der Waals surface area contributed by atoms with Crippen LogP contribution >= 0.6 is 22.6 Å². The molecule has 0 bridgehead atoms. The predicted octanol–water partition coefficient (Wildman–Crippen LogP) is 1.75. The van der Waals surface area contributed by atoms with Crippen LogP contribution in [0.15, 0.2) is 16.5 Å². The molecule has 12 heavy (non-hydrogen) atoms. The molecule has 1 amide bonds. The number of nitrogens with one attached hydrogen (secondary N) is 1. The molecule has 1 N–H and O–H groups in total. The Balaban J connectivity index is 2.53. The van der Waals surface area contributed by atoms with Gasteiger partial charge in [-0.2, -0.15) is 0 Å². The van der Waals surface area contributed by atoms with Crippen molar-refractivity contribution in [3.8, 4) is 0 Å². The topological polar surface area (TPSA) is 42.2 Å². The summed E-state index contributed by atoms with van der Waals surface area (Å²) in [6.45, 7) is 2.49. The minimum Gasteiger partial charge on any atom is -0.456 e. The highest BCUT2D eigenvalue weighted by Crippen LogP contribution is 2.05. The maximum Gasteiger partial charge on any atom is 0.287 e. The second-order valence-electron chi connectivity index (χ2n) is 2.36. The Hall–Kier alpha value is -0.520. The molecule has 1 rings (SSSR count). The molecule has 4 heteroatoms. The lowest BCUT2D eigenvalue weighted by Crippen LogP contribution is -2.24. The van der Waals surface area contributed by atoms with Crippen molar-refractivity contribution in [1.29, 1.82) is 0 Å². The molecule has 1 aromatic heterocycles. The Bertz CT molecular complexity index is 270. The number of furan rings is 1. The van der Waals surface area contributed by atoms with Gasteiger partial charge in [-0.1, -0.05) is 22.6 Å². The number of rotatable bonds is 3. The van der Waals surface area contributed by atoms with Crippen molar-refractivity contribution in [2.24, 2.45) is 0 Å². The van der Waals surface area contributed by atoms with Crippen molar-refractivity contribution in [3.63, 3.8) is 0 Å². The lowest BCUT2D eigenvalue weighted by molar-refractivity contribution is 0.0927. The van der Waals surface area contributed by atoms with E-state index in [2.05, 4.69) is 27.9 Å². The smallest absolute Gasteiger partial charge is 0.287 e. The van der Waals surface area contributed by atoms with Crippen molar-refractivity contribution >= 4 is 28.5 Å². The highest BCUT2D eigenvalue weighted by molar-refractivity contribution is 14.1. The Kier molecular flexibility index (Phi) is 3.58. The van der Waals surface area contributed by atoms with Gasteiger partial charge in [-0.15, -0.1) is 0 Å². The number of hydrogen-bond acceptors (Lipinski definition) is 2. The molecule has 0 atom stereocenters. The molecule has 0 radical (unpaired) electrons. The summed E-state index contributed by atoms with van der Waals surface area (Å²) in [6.07, 6.45) is 0. The Morgan fingerprint density at radius 3 is 2.92 bits per heavy atom. The molecule has 0 aliphatic carbocycles. The summed E-state index contributed by atoms with van der Waals surface area (Å²) in [5.41, 5.74) is 0. The monoisotopic (exact) mass is 279 g/mol. The second kappa shape index (κ2) is 4.49. The van der Waals surface area contributed by atoms with Crippen LogP contribution in [0.1, 0.15) is 16.3 Å². The fourth-order valence-corrected chi connectivity index (χ4v) is 1.07. The first-order chi connectivity index (χ1) is 5.74. The lowest BCUT2D eigenvalue weighted by Gasteiger charge is -1.97. The second-order valence-corrected chi connectivity index (χ2v) is 3.43. The third-order valence-corrected chi connectivity index (χ3v) is 1.88. The molecule has 3 nitrogen and oxygen atoms in total. The Morgan fingerprint density at radius 2 is 2.42 bits per heavy atom. The largest absolute Gasteiger partial charge is 0.456 e. The van der Waals surface area contributed by atoms with Gasteiger partial charge >= 0.3 is 0 Å². The number of alkyl halides is 1. The first kappa shape index (κ1) is 9.57. The summed E-state index contributed by atoms with van der Waals surface area (Å²) < 4.78 is 6.03.